The van der Waals surface area contributed by atoms with Crippen molar-refractivity contribution in [3.8, 4) is 22.3 Å². The maximum Gasteiger partial charge on any atom is 0.341 e. The molecule has 0 aliphatic carbocycles. The molecule has 65 heavy (non-hydrogen) atoms. The fraction of sp³-hybridized carbons (Fsp3) is 0.220. The second-order valence-electron chi connectivity index (χ2n) is 15.2. The molecule has 0 aliphatic heterocycles. The van der Waals surface area contributed by atoms with Gasteiger partial charge in [-0.3, -0.25) is 28.8 Å². The monoisotopic (exact) mass is 896 g/mol. The SMILES string of the molecule is CC(=O)CC(=O)Cc1ccc(F)cc1.CC(=O)c1cn(C(C)C)cc(-c2ccc(F)cc2)c1=O.CC(C)n1cc(C(=O)O)c(=O)c(-c2ccc(F)cc2)c1.O=C(O)Cc1ccc(F)cc1. The van der Waals surface area contributed by atoms with Crippen LogP contribution in [0.1, 0.15) is 91.9 Å². The van der Waals surface area contributed by atoms with E-state index >= 15 is 0 Å². The minimum atomic E-state index is -1.27. The summed E-state index contributed by atoms with van der Waals surface area (Å²) in [6, 6.07) is 22.3. The van der Waals surface area contributed by atoms with E-state index in [4.69, 9.17) is 10.2 Å². The van der Waals surface area contributed by atoms with Crippen molar-refractivity contribution in [1.29, 1.82) is 0 Å². The molecule has 2 aromatic heterocycles. The Morgan fingerprint density at radius 1 is 0.508 bits per heavy atom. The first-order valence-electron chi connectivity index (χ1n) is 20.1. The van der Waals surface area contributed by atoms with Gasteiger partial charge in [-0.05, 0) is 112 Å². The van der Waals surface area contributed by atoms with Crippen molar-refractivity contribution >= 4 is 29.3 Å². The van der Waals surface area contributed by atoms with Gasteiger partial charge in [0.1, 0.15) is 40.4 Å². The number of rotatable bonds is 12. The average Bonchev–Trinajstić information content (AvgIpc) is 3.23. The molecule has 340 valence electrons. The number of carbonyl (C=O) groups excluding carboxylic acids is 3. The van der Waals surface area contributed by atoms with Crippen LogP contribution >= 0.6 is 0 Å². The molecule has 0 saturated carbocycles. The van der Waals surface area contributed by atoms with E-state index in [1.165, 1.54) is 92.8 Å². The van der Waals surface area contributed by atoms with E-state index in [2.05, 4.69) is 0 Å². The van der Waals surface area contributed by atoms with E-state index in [0.717, 1.165) is 5.56 Å². The van der Waals surface area contributed by atoms with E-state index in [-0.39, 0.29) is 88.3 Å². The Kier molecular flexibility index (Phi) is 19.4. The van der Waals surface area contributed by atoms with Gasteiger partial charge in [0, 0.05) is 54.4 Å². The number of carboxylic acid groups (broad SMARTS) is 2. The number of ketones is 3. The molecule has 0 atom stereocenters. The first-order valence-corrected chi connectivity index (χ1v) is 20.1. The smallest absolute Gasteiger partial charge is 0.341 e. The van der Waals surface area contributed by atoms with Crippen molar-refractivity contribution in [3.05, 3.63) is 188 Å². The fourth-order valence-electron chi connectivity index (χ4n) is 5.81. The first-order chi connectivity index (χ1) is 30.6. The summed E-state index contributed by atoms with van der Waals surface area (Å²) in [5.41, 5.74) is 2.08. The van der Waals surface area contributed by atoms with Crippen LogP contribution in [0.15, 0.2) is 131 Å². The third-order valence-corrected chi connectivity index (χ3v) is 9.23. The lowest BCUT2D eigenvalue weighted by Gasteiger charge is -2.14. The third kappa shape index (κ3) is 16.6. The van der Waals surface area contributed by atoms with Gasteiger partial charge in [0.15, 0.2) is 11.2 Å². The fourth-order valence-corrected chi connectivity index (χ4v) is 5.81. The molecular formula is C50H48F4N2O9. The molecule has 11 nitrogen and oxygen atoms in total. The van der Waals surface area contributed by atoms with Gasteiger partial charge >= 0.3 is 11.9 Å². The molecule has 6 aromatic rings. The number of hydrogen-bond acceptors (Lipinski definition) is 7. The lowest BCUT2D eigenvalue weighted by Crippen LogP contribution is -2.20. The van der Waals surface area contributed by atoms with Crippen molar-refractivity contribution in [2.75, 3.05) is 0 Å². The molecule has 2 N–H and O–H groups in total. The zero-order chi connectivity index (χ0) is 48.5. The maximum absolute atomic E-state index is 13.0. The molecule has 15 heteroatoms. The van der Waals surface area contributed by atoms with Gasteiger partial charge in [-0.2, -0.15) is 0 Å². The van der Waals surface area contributed by atoms with Crippen LogP contribution < -0.4 is 10.9 Å². The number of benzene rings is 4. The van der Waals surface area contributed by atoms with Crippen molar-refractivity contribution in [3.63, 3.8) is 0 Å². The normalized spacial score (nSPS) is 10.4. The molecule has 0 spiro atoms. The van der Waals surface area contributed by atoms with Crippen molar-refractivity contribution in [2.45, 2.75) is 72.9 Å². The second kappa shape index (κ2) is 24.3. The van der Waals surface area contributed by atoms with Crippen molar-refractivity contribution in [2.24, 2.45) is 0 Å². The van der Waals surface area contributed by atoms with Crippen molar-refractivity contribution < 1.29 is 51.7 Å². The van der Waals surface area contributed by atoms with Crippen LogP contribution in [0.4, 0.5) is 17.6 Å². The lowest BCUT2D eigenvalue weighted by atomic mass is 10.0. The summed E-state index contributed by atoms with van der Waals surface area (Å²) in [5.74, 6) is -4.17. The summed E-state index contributed by atoms with van der Waals surface area (Å²) >= 11 is 0. The predicted molar refractivity (Wildman–Crippen MR) is 238 cm³/mol. The summed E-state index contributed by atoms with van der Waals surface area (Å²) in [6.45, 7) is 10.4. The van der Waals surface area contributed by atoms with Crippen LogP contribution in [0.3, 0.4) is 0 Å². The van der Waals surface area contributed by atoms with Gasteiger partial charge < -0.3 is 19.3 Å². The Bertz CT molecular complexity index is 2600. The zero-order valence-electron chi connectivity index (χ0n) is 36.5. The Balaban J connectivity index is 0.000000236. The zero-order valence-corrected chi connectivity index (χ0v) is 36.5. The van der Waals surface area contributed by atoms with Crippen LogP contribution in [0, 0.1) is 23.3 Å². The van der Waals surface area contributed by atoms with E-state index in [1.54, 1.807) is 47.4 Å². The highest BCUT2D eigenvalue weighted by Crippen LogP contribution is 2.20. The molecule has 0 saturated heterocycles. The molecule has 0 unspecified atom stereocenters. The topological polar surface area (TPSA) is 170 Å². The average molecular weight is 897 g/mol. The Hall–Kier alpha value is -7.55. The van der Waals surface area contributed by atoms with E-state index in [9.17, 15) is 51.1 Å². The third-order valence-electron chi connectivity index (χ3n) is 9.23. The number of aliphatic carboxylic acids is 1. The molecule has 2 heterocycles. The number of carboxylic acids is 2. The predicted octanol–water partition coefficient (Wildman–Crippen LogP) is 9.74. The summed E-state index contributed by atoms with van der Waals surface area (Å²) < 4.78 is 54.2. The highest BCUT2D eigenvalue weighted by molar-refractivity contribution is 5.98. The maximum atomic E-state index is 13.0. The number of hydrogen-bond donors (Lipinski definition) is 2. The van der Waals surface area contributed by atoms with E-state index in [1.807, 2.05) is 32.3 Å². The second-order valence-corrected chi connectivity index (χ2v) is 15.2. The quantitative estimate of drug-likeness (QED) is 0.0690. The van der Waals surface area contributed by atoms with Crippen LogP contribution in [0.25, 0.3) is 22.3 Å². The highest BCUT2D eigenvalue weighted by Gasteiger charge is 2.17. The summed E-state index contributed by atoms with van der Waals surface area (Å²) in [5, 5.41) is 17.5. The molecule has 6 rings (SSSR count). The van der Waals surface area contributed by atoms with Crippen molar-refractivity contribution in [1.82, 2.24) is 9.13 Å². The lowest BCUT2D eigenvalue weighted by molar-refractivity contribution is -0.136. The van der Waals surface area contributed by atoms with Gasteiger partial charge in [-0.15, -0.1) is 0 Å². The summed E-state index contributed by atoms with van der Waals surface area (Å²) in [7, 11) is 0. The Labute approximate surface area is 372 Å². The Morgan fingerprint density at radius 2 is 0.846 bits per heavy atom. The van der Waals surface area contributed by atoms with Crippen LogP contribution in [0.5, 0.6) is 0 Å². The van der Waals surface area contributed by atoms with Gasteiger partial charge in [0.25, 0.3) is 0 Å². The molecule has 0 fully saturated rings. The van der Waals surface area contributed by atoms with E-state index < -0.39 is 23.2 Å². The van der Waals surface area contributed by atoms with Crippen LogP contribution in [-0.2, 0) is 27.2 Å². The molecular weight excluding hydrogens is 849 g/mol. The van der Waals surface area contributed by atoms with E-state index in [0.29, 0.717) is 22.3 Å². The van der Waals surface area contributed by atoms with Gasteiger partial charge in [0.05, 0.1) is 18.4 Å². The highest BCUT2D eigenvalue weighted by atomic mass is 19.1. The number of halogens is 4. The number of Topliss-reactive ketones (excluding diaryl/α,β-unsaturated/α-hetero) is 3. The summed E-state index contributed by atoms with van der Waals surface area (Å²) in [4.78, 5) is 79.3. The molecule has 0 bridgehead atoms. The number of aromatic nitrogens is 2. The summed E-state index contributed by atoms with van der Waals surface area (Å²) in [6.07, 6.45) is 6.28. The largest absolute Gasteiger partial charge is 0.481 e. The van der Waals surface area contributed by atoms with Crippen LogP contribution in [0.2, 0.25) is 0 Å². The number of aromatic carboxylic acids is 1. The standard InChI is InChI=1S/C16H16FNO2.C15H14FNO3.C11H11FO2.C8H7FO2/c1-10(2)18-8-14(11(3)19)16(20)15(9-18)12-4-6-13(17)7-5-12;1-9(2)17-7-12(10-3-5-11(16)6-4-10)14(18)13(8-17)15(19)20;1-8(13)6-11(14)7-9-2-4-10(12)5-3-9;9-7-3-1-6(2-4-7)5-8(10)11/h4-10H,1-3H3;3-9H,1-2H3,(H,19,20);2-5H,6-7H2,1H3;1-4H,5H2,(H,10,11). The Morgan fingerprint density at radius 3 is 1.17 bits per heavy atom. The molecule has 0 aliphatic rings. The molecule has 4 aromatic carbocycles. The minimum Gasteiger partial charge on any atom is -0.481 e. The number of pyridine rings is 2. The van der Waals surface area contributed by atoms with Gasteiger partial charge in [-0.25, -0.2) is 22.4 Å². The van der Waals surface area contributed by atoms with Gasteiger partial charge in [-0.1, -0.05) is 48.5 Å². The first kappa shape index (κ1) is 51.8. The number of carbonyl (C=O) groups is 5. The van der Waals surface area contributed by atoms with Crippen LogP contribution in [-0.4, -0.2) is 48.6 Å². The molecule has 0 radical (unpaired) electrons. The van der Waals surface area contributed by atoms with Gasteiger partial charge in [0.2, 0.25) is 5.43 Å². The number of nitrogens with zero attached hydrogens (tertiary/aromatic N) is 2. The minimum absolute atomic E-state index is 0.00731. The molecule has 0 amide bonds.